The van der Waals surface area contributed by atoms with Crippen molar-refractivity contribution in [2.24, 2.45) is 11.1 Å². The van der Waals surface area contributed by atoms with Crippen molar-refractivity contribution >= 4 is 11.8 Å². The topological polar surface area (TPSA) is 72.2 Å². The normalized spacial score (nSPS) is 12.5. The Morgan fingerprint density at radius 2 is 1.46 bits per heavy atom. The van der Waals surface area contributed by atoms with Crippen molar-refractivity contribution in [1.29, 1.82) is 0 Å². The van der Waals surface area contributed by atoms with E-state index < -0.39 is 5.91 Å². The van der Waals surface area contributed by atoms with Crippen molar-refractivity contribution in [3.05, 3.63) is 71.0 Å². The zero-order valence-corrected chi connectivity index (χ0v) is 14.0. The van der Waals surface area contributed by atoms with Gasteiger partial charge in [0.15, 0.2) is 0 Å². The molecule has 4 nitrogen and oxygen atoms in total. The molecule has 1 atom stereocenters. The predicted octanol–water partition coefficient (Wildman–Crippen LogP) is 3.44. The molecular formula is C19H21FN2O2. The van der Waals surface area contributed by atoms with E-state index in [9.17, 15) is 14.0 Å². The number of nitrogens with two attached hydrogens (primary N) is 1. The quantitative estimate of drug-likeness (QED) is 0.902. The Morgan fingerprint density at radius 3 is 1.92 bits per heavy atom. The Labute approximate surface area is 140 Å². The molecule has 0 aliphatic heterocycles. The van der Waals surface area contributed by atoms with Gasteiger partial charge in [0.1, 0.15) is 5.82 Å². The number of primary amides is 1. The zero-order valence-electron chi connectivity index (χ0n) is 14.0. The van der Waals surface area contributed by atoms with Crippen LogP contribution in [-0.4, -0.2) is 11.8 Å². The average molecular weight is 328 g/mol. The lowest BCUT2D eigenvalue weighted by atomic mass is 9.82. The molecule has 0 heterocycles. The lowest BCUT2D eigenvalue weighted by Gasteiger charge is -2.32. The van der Waals surface area contributed by atoms with Gasteiger partial charge in [-0.1, -0.05) is 32.9 Å². The van der Waals surface area contributed by atoms with Gasteiger partial charge >= 0.3 is 0 Å². The van der Waals surface area contributed by atoms with E-state index in [1.54, 1.807) is 24.3 Å². The van der Waals surface area contributed by atoms with Crippen molar-refractivity contribution in [1.82, 2.24) is 5.32 Å². The zero-order chi connectivity index (χ0) is 17.9. The van der Waals surface area contributed by atoms with Crippen LogP contribution in [0, 0.1) is 11.2 Å². The maximum atomic E-state index is 13.2. The Hall–Kier alpha value is -2.69. The summed E-state index contributed by atoms with van der Waals surface area (Å²) in [5.74, 6) is -1.13. The fourth-order valence-corrected chi connectivity index (χ4v) is 2.46. The van der Waals surface area contributed by atoms with Crippen LogP contribution < -0.4 is 11.1 Å². The molecule has 0 aliphatic rings. The number of rotatable bonds is 4. The van der Waals surface area contributed by atoms with Gasteiger partial charge in [-0.2, -0.15) is 0 Å². The number of nitrogens with one attached hydrogen (secondary N) is 1. The van der Waals surface area contributed by atoms with E-state index in [0.717, 1.165) is 5.56 Å². The fourth-order valence-electron chi connectivity index (χ4n) is 2.46. The minimum absolute atomic E-state index is 0.263. The summed E-state index contributed by atoms with van der Waals surface area (Å²) in [6, 6.07) is 11.9. The van der Waals surface area contributed by atoms with E-state index >= 15 is 0 Å². The number of halogens is 1. The number of amides is 2. The van der Waals surface area contributed by atoms with Crippen LogP contribution in [0.4, 0.5) is 4.39 Å². The van der Waals surface area contributed by atoms with Gasteiger partial charge in [0, 0.05) is 11.1 Å². The van der Waals surface area contributed by atoms with Crippen molar-refractivity contribution in [2.75, 3.05) is 0 Å². The first-order chi connectivity index (χ1) is 11.2. The summed E-state index contributed by atoms with van der Waals surface area (Å²) in [5.41, 5.74) is 6.53. The van der Waals surface area contributed by atoms with Gasteiger partial charge in [-0.25, -0.2) is 4.39 Å². The largest absolute Gasteiger partial charge is 0.366 e. The number of hydrogen-bond acceptors (Lipinski definition) is 2. The minimum Gasteiger partial charge on any atom is -0.366 e. The van der Waals surface area contributed by atoms with E-state index in [-0.39, 0.29) is 23.2 Å². The van der Waals surface area contributed by atoms with Crippen LogP contribution >= 0.6 is 0 Å². The summed E-state index contributed by atoms with van der Waals surface area (Å²) < 4.78 is 13.2. The first-order valence-electron chi connectivity index (χ1n) is 7.64. The molecule has 0 aliphatic carbocycles. The molecule has 1 unspecified atom stereocenters. The fraction of sp³-hybridized carbons (Fsp3) is 0.263. The minimum atomic E-state index is -0.541. The molecule has 2 aromatic rings. The van der Waals surface area contributed by atoms with Gasteiger partial charge in [-0.3, -0.25) is 9.59 Å². The summed E-state index contributed by atoms with van der Waals surface area (Å²) in [4.78, 5) is 23.6. The van der Waals surface area contributed by atoms with Crippen LogP contribution in [0.3, 0.4) is 0 Å². The third kappa shape index (κ3) is 4.19. The molecule has 0 saturated carbocycles. The molecule has 2 rings (SSSR count). The summed E-state index contributed by atoms with van der Waals surface area (Å²) in [6.45, 7) is 5.99. The molecule has 2 aromatic carbocycles. The molecule has 3 N–H and O–H groups in total. The van der Waals surface area contributed by atoms with Gasteiger partial charge in [0.05, 0.1) is 6.04 Å². The highest BCUT2D eigenvalue weighted by atomic mass is 19.1. The van der Waals surface area contributed by atoms with Crippen LogP contribution in [0.5, 0.6) is 0 Å². The highest BCUT2D eigenvalue weighted by Crippen LogP contribution is 2.33. The number of carbonyl (C=O) groups excluding carboxylic acids is 2. The number of carbonyl (C=O) groups is 2. The first kappa shape index (κ1) is 17.7. The van der Waals surface area contributed by atoms with Crippen LogP contribution in [0.1, 0.15) is 53.1 Å². The predicted molar refractivity (Wildman–Crippen MR) is 91.0 cm³/mol. The molecule has 2 amide bonds. The third-order valence-electron chi connectivity index (χ3n) is 3.78. The van der Waals surface area contributed by atoms with Crippen molar-refractivity contribution < 1.29 is 14.0 Å². The van der Waals surface area contributed by atoms with Gasteiger partial charge in [0.25, 0.3) is 5.91 Å². The SMILES string of the molecule is CC(C)(C)C(NC(=O)c1ccc(C(N)=O)cc1)c1ccc(F)cc1. The Balaban J connectivity index is 2.24. The lowest BCUT2D eigenvalue weighted by Crippen LogP contribution is -2.36. The lowest BCUT2D eigenvalue weighted by molar-refractivity contribution is 0.0900. The molecule has 5 heteroatoms. The van der Waals surface area contributed by atoms with E-state index in [0.29, 0.717) is 11.1 Å². The highest BCUT2D eigenvalue weighted by Gasteiger charge is 2.28. The van der Waals surface area contributed by atoms with Gasteiger partial charge in [-0.15, -0.1) is 0 Å². The summed E-state index contributed by atoms with van der Waals surface area (Å²) in [6.07, 6.45) is 0. The summed E-state index contributed by atoms with van der Waals surface area (Å²) in [5, 5.41) is 2.98. The van der Waals surface area contributed by atoms with E-state index in [4.69, 9.17) is 5.73 Å². The third-order valence-corrected chi connectivity index (χ3v) is 3.78. The maximum absolute atomic E-state index is 13.2. The van der Waals surface area contributed by atoms with Crippen molar-refractivity contribution in [3.63, 3.8) is 0 Å². The molecule has 0 fully saturated rings. The number of benzene rings is 2. The van der Waals surface area contributed by atoms with Crippen LogP contribution in [0.2, 0.25) is 0 Å². The van der Waals surface area contributed by atoms with E-state index in [1.807, 2.05) is 20.8 Å². The molecule has 0 radical (unpaired) electrons. The average Bonchev–Trinajstić information content (AvgIpc) is 2.52. The van der Waals surface area contributed by atoms with Crippen LogP contribution in [0.25, 0.3) is 0 Å². The number of hydrogen-bond donors (Lipinski definition) is 2. The first-order valence-corrected chi connectivity index (χ1v) is 7.64. The molecular weight excluding hydrogens is 307 g/mol. The standard InChI is InChI=1S/C19H21FN2O2/c1-19(2,3)16(12-8-10-15(20)11-9-12)22-18(24)14-6-4-13(5-7-14)17(21)23/h4-11,16H,1-3H3,(H2,21,23)(H,22,24). The van der Waals surface area contributed by atoms with Gasteiger partial charge in [-0.05, 0) is 47.4 Å². The maximum Gasteiger partial charge on any atom is 0.251 e. The Kier molecular flexibility index (Phi) is 5.02. The Bertz CT molecular complexity index is 731. The van der Waals surface area contributed by atoms with Crippen LogP contribution in [-0.2, 0) is 0 Å². The Morgan fingerprint density at radius 1 is 0.958 bits per heavy atom. The van der Waals surface area contributed by atoms with Gasteiger partial charge in [0.2, 0.25) is 5.91 Å². The van der Waals surface area contributed by atoms with Crippen molar-refractivity contribution in [3.8, 4) is 0 Å². The second-order valence-electron chi connectivity index (χ2n) is 6.77. The molecule has 0 spiro atoms. The van der Waals surface area contributed by atoms with Crippen molar-refractivity contribution in [2.45, 2.75) is 26.8 Å². The monoisotopic (exact) mass is 328 g/mol. The van der Waals surface area contributed by atoms with E-state index in [2.05, 4.69) is 5.32 Å². The summed E-state index contributed by atoms with van der Waals surface area (Å²) >= 11 is 0. The second-order valence-corrected chi connectivity index (χ2v) is 6.77. The van der Waals surface area contributed by atoms with Gasteiger partial charge < -0.3 is 11.1 Å². The van der Waals surface area contributed by atoms with Crippen LogP contribution in [0.15, 0.2) is 48.5 Å². The highest BCUT2D eigenvalue weighted by molar-refractivity contribution is 5.97. The second kappa shape index (κ2) is 6.83. The summed E-state index contributed by atoms with van der Waals surface area (Å²) in [7, 11) is 0. The molecule has 0 aromatic heterocycles. The molecule has 0 saturated heterocycles. The smallest absolute Gasteiger partial charge is 0.251 e. The molecule has 24 heavy (non-hydrogen) atoms. The van der Waals surface area contributed by atoms with E-state index in [1.165, 1.54) is 24.3 Å². The molecule has 126 valence electrons. The molecule has 0 bridgehead atoms.